The van der Waals surface area contributed by atoms with Gasteiger partial charge in [-0.1, -0.05) is 0 Å². The molecule has 0 bridgehead atoms. The Morgan fingerprint density at radius 3 is 2.82 bits per heavy atom. The number of rotatable bonds is 5. The van der Waals surface area contributed by atoms with Crippen molar-refractivity contribution in [2.75, 3.05) is 0 Å². The van der Waals surface area contributed by atoms with E-state index in [-0.39, 0.29) is 5.91 Å². The molecule has 0 aliphatic heterocycles. The molecule has 2 aromatic heterocycles. The smallest absolute Gasteiger partial charge is 0.220 e. The van der Waals surface area contributed by atoms with Crippen LogP contribution in [-0.2, 0) is 17.8 Å². The Morgan fingerprint density at radius 2 is 2.12 bits per heavy atom. The molecule has 2 aromatic rings. The summed E-state index contributed by atoms with van der Waals surface area (Å²) >= 11 is 1.58. The van der Waals surface area contributed by atoms with E-state index < -0.39 is 0 Å². The Morgan fingerprint density at radius 1 is 1.29 bits per heavy atom. The van der Waals surface area contributed by atoms with Crippen molar-refractivity contribution in [3.63, 3.8) is 0 Å². The average molecular weight is 247 g/mol. The van der Waals surface area contributed by atoms with Gasteiger partial charge in [0, 0.05) is 43.4 Å². The van der Waals surface area contributed by atoms with Gasteiger partial charge in [0.05, 0.1) is 5.01 Å². The van der Waals surface area contributed by atoms with Crippen LogP contribution in [0.4, 0.5) is 0 Å². The summed E-state index contributed by atoms with van der Waals surface area (Å²) in [5, 5.41) is 5.80. The minimum atomic E-state index is 0.0528. The summed E-state index contributed by atoms with van der Waals surface area (Å²) in [5.41, 5.74) is 1.06. The minimum Gasteiger partial charge on any atom is -0.352 e. The molecule has 1 amide bonds. The maximum absolute atomic E-state index is 11.6. The first-order chi connectivity index (χ1) is 8.34. The summed E-state index contributed by atoms with van der Waals surface area (Å²) in [7, 11) is 0. The van der Waals surface area contributed by atoms with Crippen molar-refractivity contribution >= 4 is 17.2 Å². The Balaban J connectivity index is 1.71. The van der Waals surface area contributed by atoms with Crippen LogP contribution >= 0.6 is 11.3 Å². The molecule has 2 heterocycles. The quantitative estimate of drug-likeness (QED) is 0.876. The van der Waals surface area contributed by atoms with Crippen LogP contribution in [0.1, 0.15) is 17.0 Å². The normalized spacial score (nSPS) is 10.1. The zero-order valence-corrected chi connectivity index (χ0v) is 10.1. The van der Waals surface area contributed by atoms with E-state index in [0.717, 1.165) is 10.6 Å². The third-order valence-electron chi connectivity index (χ3n) is 2.29. The summed E-state index contributed by atoms with van der Waals surface area (Å²) in [4.78, 5) is 19.6. The van der Waals surface area contributed by atoms with Crippen LogP contribution < -0.4 is 5.32 Å². The monoisotopic (exact) mass is 247 g/mol. The number of carbonyl (C=O) groups excluding carboxylic acids is 1. The number of nitrogens with zero attached hydrogens (tertiary/aromatic N) is 2. The number of thiazole rings is 1. The number of aromatic nitrogens is 2. The van der Waals surface area contributed by atoms with E-state index in [2.05, 4.69) is 15.3 Å². The van der Waals surface area contributed by atoms with E-state index in [0.29, 0.717) is 19.4 Å². The van der Waals surface area contributed by atoms with Gasteiger partial charge in [0.15, 0.2) is 0 Å². The van der Waals surface area contributed by atoms with Crippen LogP contribution in [0, 0.1) is 0 Å². The predicted molar refractivity (Wildman–Crippen MR) is 66.5 cm³/mol. The van der Waals surface area contributed by atoms with Gasteiger partial charge >= 0.3 is 0 Å². The summed E-state index contributed by atoms with van der Waals surface area (Å²) in [6, 6.07) is 3.78. The molecule has 0 radical (unpaired) electrons. The van der Waals surface area contributed by atoms with Crippen molar-refractivity contribution in [3.8, 4) is 0 Å². The van der Waals surface area contributed by atoms with Gasteiger partial charge in [0.1, 0.15) is 0 Å². The van der Waals surface area contributed by atoms with Crippen LogP contribution in [-0.4, -0.2) is 15.9 Å². The molecule has 0 aliphatic rings. The number of hydrogen-bond acceptors (Lipinski definition) is 4. The van der Waals surface area contributed by atoms with Gasteiger partial charge < -0.3 is 5.32 Å². The molecular weight excluding hydrogens is 234 g/mol. The summed E-state index contributed by atoms with van der Waals surface area (Å²) in [6.45, 7) is 0.555. The molecule has 2 rings (SSSR count). The Kier molecular flexibility index (Phi) is 4.21. The summed E-state index contributed by atoms with van der Waals surface area (Å²) in [6.07, 6.45) is 6.39. The van der Waals surface area contributed by atoms with E-state index in [9.17, 15) is 4.79 Å². The summed E-state index contributed by atoms with van der Waals surface area (Å²) < 4.78 is 0. The average Bonchev–Trinajstić information content (AvgIpc) is 2.88. The number of pyridine rings is 1. The van der Waals surface area contributed by atoms with E-state index in [1.807, 2.05) is 17.5 Å². The second-order valence-corrected chi connectivity index (χ2v) is 4.54. The van der Waals surface area contributed by atoms with E-state index >= 15 is 0 Å². The van der Waals surface area contributed by atoms with Crippen LogP contribution in [0.15, 0.2) is 36.1 Å². The van der Waals surface area contributed by atoms with Crippen molar-refractivity contribution in [2.45, 2.75) is 19.4 Å². The Bertz CT molecular complexity index is 456. The molecular formula is C12H13N3OS. The molecule has 88 valence electrons. The largest absolute Gasteiger partial charge is 0.352 e. The fourth-order valence-electron chi connectivity index (χ4n) is 1.39. The predicted octanol–water partition coefficient (Wildman–Crippen LogP) is 1.79. The van der Waals surface area contributed by atoms with Crippen LogP contribution in [0.25, 0.3) is 0 Å². The first-order valence-electron chi connectivity index (χ1n) is 5.38. The molecule has 1 N–H and O–H groups in total. The van der Waals surface area contributed by atoms with Gasteiger partial charge in [-0.15, -0.1) is 11.3 Å². The van der Waals surface area contributed by atoms with Crippen LogP contribution in [0.3, 0.4) is 0 Å². The van der Waals surface area contributed by atoms with Crippen LogP contribution in [0.5, 0.6) is 0 Å². The van der Waals surface area contributed by atoms with E-state index in [1.54, 1.807) is 29.9 Å². The highest BCUT2D eigenvalue weighted by atomic mass is 32.1. The number of nitrogens with one attached hydrogen (secondary N) is 1. The lowest BCUT2D eigenvalue weighted by atomic mass is 10.2. The molecule has 0 spiro atoms. The van der Waals surface area contributed by atoms with Crippen molar-refractivity contribution in [3.05, 3.63) is 46.7 Å². The van der Waals surface area contributed by atoms with Crippen molar-refractivity contribution < 1.29 is 4.79 Å². The van der Waals surface area contributed by atoms with Gasteiger partial charge in [-0.3, -0.25) is 9.78 Å². The Labute approximate surface area is 104 Å². The first kappa shape index (κ1) is 11.7. The molecule has 0 fully saturated rings. The van der Waals surface area contributed by atoms with Gasteiger partial charge in [-0.2, -0.15) is 0 Å². The minimum absolute atomic E-state index is 0.0528. The fraction of sp³-hybridized carbons (Fsp3) is 0.250. The van der Waals surface area contributed by atoms with Crippen molar-refractivity contribution in [1.82, 2.24) is 15.3 Å². The van der Waals surface area contributed by atoms with Gasteiger partial charge in [-0.25, -0.2) is 4.98 Å². The maximum Gasteiger partial charge on any atom is 0.220 e. The molecule has 0 aromatic carbocycles. The third-order valence-corrected chi connectivity index (χ3v) is 3.13. The molecule has 4 nitrogen and oxygen atoms in total. The SMILES string of the molecule is O=C(CCc1nccs1)NCc1ccncc1. The number of hydrogen-bond donors (Lipinski definition) is 1. The molecule has 0 atom stereocenters. The zero-order valence-electron chi connectivity index (χ0n) is 9.30. The van der Waals surface area contributed by atoms with Crippen molar-refractivity contribution in [1.29, 1.82) is 0 Å². The number of aryl methyl sites for hydroxylation is 1. The number of amides is 1. The van der Waals surface area contributed by atoms with E-state index in [4.69, 9.17) is 0 Å². The third kappa shape index (κ3) is 3.96. The lowest BCUT2D eigenvalue weighted by Gasteiger charge is -2.03. The summed E-state index contributed by atoms with van der Waals surface area (Å²) in [5.74, 6) is 0.0528. The molecule has 5 heteroatoms. The van der Waals surface area contributed by atoms with E-state index in [1.165, 1.54) is 0 Å². The molecule has 17 heavy (non-hydrogen) atoms. The highest BCUT2D eigenvalue weighted by Crippen LogP contribution is 2.06. The highest BCUT2D eigenvalue weighted by molar-refractivity contribution is 7.09. The fourth-order valence-corrected chi connectivity index (χ4v) is 2.01. The topological polar surface area (TPSA) is 54.9 Å². The molecule has 0 saturated heterocycles. The second-order valence-electron chi connectivity index (χ2n) is 3.56. The first-order valence-corrected chi connectivity index (χ1v) is 6.26. The van der Waals surface area contributed by atoms with Gasteiger partial charge in [0.2, 0.25) is 5.91 Å². The molecule has 0 aliphatic carbocycles. The van der Waals surface area contributed by atoms with Crippen LogP contribution in [0.2, 0.25) is 0 Å². The standard InChI is InChI=1S/C12H13N3OS/c16-11(1-2-12-14-7-8-17-12)15-9-10-3-5-13-6-4-10/h3-8H,1-2,9H2,(H,15,16). The lowest BCUT2D eigenvalue weighted by molar-refractivity contribution is -0.121. The van der Waals surface area contributed by atoms with Gasteiger partial charge in [-0.05, 0) is 17.7 Å². The van der Waals surface area contributed by atoms with Gasteiger partial charge in [0.25, 0.3) is 0 Å². The van der Waals surface area contributed by atoms with Crippen molar-refractivity contribution in [2.24, 2.45) is 0 Å². The number of carbonyl (C=O) groups is 1. The Hall–Kier alpha value is -1.75. The molecule has 0 unspecified atom stereocenters. The maximum atomic E-state index is 11.6. The molecule has 0 saturated carbocycles. The highest BCUT2D eigenvalue weighted by Gasteiger charge is 2.03. The second kappa shape index (κ2) is 6.10. The zero-order chi connectivity index (χ0) is 11.9. The lowest BCUT2D eigenvalue weighted by Crippen LogP contribution is -2.22.